The van der Waals surface area contributed by atoms with Crippen molar-refractivity contribution in [2.45, 2.75) is 31.3 Å². The summed E-state index contributed by atoms with van der Waals surface area (Å²) in [6.45, 7) is 1.91. The fourth-order valence-electron chi connectivity index (χ4n) is 5.28. The Bertz CT molecular complexity index is 1240. The number of urea groups is 1. The number of halogens is 1. The van der Waals surface area contributed by atoms with Gasteiger partial charge in [-0.2, -0.15) is 0 Å². The number of carboxylic acid groups (broad SMARTS) is 1. The van der Waals surface area contributed by atoms with E-state index in [4.69, 9.17) is 22.1 Å². The normalized spacial score (nSPS) is 25.1. The zero-order valence-electron chi connectivity index (χ0n) is 19.8. The van der Waals surface area contributed by atoms with Gasteiger partial charge in [0.15, 0.2) is 0 Å². The molecule has 190 valence electrons. The molecule has 2 fully saturated rings. The summed E-state index contributed by atoms with van der Waals surface area (Å²) in [6, 6.07) is 10.3. The Balaban J connectivity index is 1.82. The summed E-state index contributed by atoms with van der Waals surface area (Å²) in [6.07, 6.45) is 0.179. The summed E-state index contributed by atoms with van der Waals surface area (Å²) >= 11 is 6.27. The van der Waals surface area contributed by atoms with E-state index >= 15 is 0 Å². The molecule has 10 nitrogen and oxygen atoms in total. The topological polar surface area (TPSA) is 151 Å². The van der Waals surface area contributed by atoms with Crippen molar-refractivity contribution in [2.24, 2.45) is 17.6 Å². The molecule has 0 aliphatic carbocycles. The average Bonchev–Trinajstić information content (AvgIpc) is 3.32. The maximum atomic E-state index is 13.8. The van der Waals surface area contributed by atoms with Gasteiger partial charge in [0.1, 0.15) is 11.3 Å². The number of nitrogens with zero attached hydrogens (tertiary/aromatic N) is 1. The number of carbonyl (C=O) groups is 4. The number of primary amides is 1. The first-order valence-electron chi connectivity index (χ1n) is 11.4. The molecule has 4 unspecified atom stereocenters. The van der Waals surface area contributed by atoms with Gasteiger partial charge in [-0.25, -0.2) is 9.69 Å². The van der Waals surface area contributed by atoms with E-state index in [1.165, 1.54) is 13.2 Å². The number of nitrogens with two attached hydrogens (primary N) is 1. The summed E-state index contributed by atoms with van der Waals surface area (Å²) in [5.41, 5.74) is 4.98. The van der Waals surface area contributed by atoms with E-state index in [0.29, 0.717) is 16.3 Å². The molecule has 4 rings (SSSR count). The Kier molecular flexibility index (Phi) is 6.92. The van der Waals surface area contributed by atoms with E-state index in [1.54, 1.807) is 43.3 Å². The van der Waals surface area contributed by atoms with Crippen LogP contribution in [0.5, 0.6) is 5.75 Å². The number of benzene rings is 2. The highest BCUT2D eigenvalue weighted by molar-refractivity contribution is 6.32. The lowest BCUT2D eigenvalue weighted by molar-refractivity contribution is -0.149. The Hall–Kier alpha value is -3.63. The van der Waals surface area contributed by atoms with E-state index in [2.05, 4.69) is 10.6 Å². The molecule has 2 aliphatic rings. The third-order valence-electron chi connectivity index (χ3n) is 6.97. The van der Waals surface area contributed by atoms with Crippen molar-refractivity contribution >= 4 is 41.1 Å². The third kappa shape index (κ3) is 4.16. The van der Waals surface area contributed by atoms with Gasteiger partial charge in [-0.05, 0) is 43.5 Å². The van der Waals surface area contributed by atoms with Crippen LogP contribution in [0.2, 0.25) is 5.02 Å². The van der Waals surface area contributed by atoms with Crippen molar-refractivity contribution in [3.8, 4) is 5.75 Å². The quantitative estimate of drug-likeness (QED) is 0.312. The van der Waals surface area contributed by atoms with E-state index in [1.807, 2.05) is 0 Å². The summed E-state index contributed by atoms with van der Waals surface area (Å²) < 4.78 is 5.49. The highest BCUT2D eigenvalue weighted by atomic mass is 35.5. The predicted molar refractivity (Wildman–Crippen MR) is 132 cm³/mol. The van der Waals surface area contributed by atoms with E-state index < -0.39 is 47.2 Å². The van der Waals surface area contributed by atoms with Crippen LogP contribution >= 0.6 is 11.6 Å². The number of carboxylic acids is 1. The van der Waals surface area contributed by atoms with Crippen LogP contribution in [0.3, 0.4) is 0 Å². The van der Waals surface area contributed by atoms with E-state index in [-0.39, 0.29) is 25.1 Å². The predicted octanol–water partition coefficient (Wildman–Crippen LogP) is 2.38. The number of anilines is 1. The molecule has 4 amide bonds. The second kappa shape index (κ2) is 9.79. The van der Waals surface area contributed by atoms with Crippen LogP contribution < -0.4 is 26.0 Å². The monoisotopic (exact) mass is 514 g/mol. The maximum Gasteiger partial charge on any atom is 0.324 e. The second-order valence-corrected chi connectivity index (χ2v) is 9.39. The summed E-state index contributed by atoms with van der Waals surface area (Å²) in [7, 11) is 1.48. The Morgan fingerprint density at radius 2 is 1.94 bits per heavy atom. The van der Waals surface area contributed by atoms with Gasteiger partial charge in [-0.1, -0.05) is 35.9 Å². The number of fused-ring (bicyclic) bond motifs is 1. The van der Waals surface area contributed by atoms with Crippen molar-refractivity contribution in [2.75, 3.05) is 18.6 Å². The zero-order valence-corrected chi connectivity index (χ0v) is 20.5. The number of hydrogen-bond acceptors (Lipinski definition) is 6. The van der Waals surface area contributed by atoms with Crippen LogP contribution in [0.15, 0.2) is 42.5 Å². The Labute approximate surface area is 212 Å². The summed E-state index contributed by atoms with van der Waals surface area (Å²) in [4.78, 5) is 52.6. The van der Waals surface area contributed by atoms with Gasteiger partial charge >= 0.3 is 12.0 Å². The molecule has 0 saturated carbocycles. The van der Waals surface area contributed by atoms with Crippen LogP contribution in [0.4, 0.5) is 10.5 Å². The number of aliphatic carboxylic acids is 1. The van der Waals surface area contributed by atoms with Crippen molar-refractivity contribution in [3.05, 3.63) is 58.6 Å². The number of ether oxygens (including phenoxy) is 1. The molecule has 4 atom stereocenters. The number of imide groups is 1. The van der Waals surface area contributed by atoms with E-state index in [0.717, 1.165) is 10.5 Å². The average molecular weight is 515 g/mol. The molecule has 36 heavy (non-hydrogen) atoms. The first-order chi connectivity index (χ1) is 17.1. The van der Waals surface area contributed by atoms with Crippen LogP contribution in [-0.4, -0.2) is 48.1 Å². The number of para-hydroxylation sites is 1. The molecule has 2 saturated heterocycles. The molecule has 2 heterocycles. The minimum atomic E-state index is -1.77. The molecule has 2 aromatic rings. The van der Waals surface area contributed by atoms with Crippen LogP contribution in [0, 0.1) is 18.8 Å². The minimum absolute atomic E-state index is 0.0308. The molecule has 5 N–H and O–H groups in total. The lowest BCUT2D eigenvalue weighted by Crippen LogP contribution is -2.56. The number of rotatable bonds is 8. The number of nitrogens with one attached hydrogen (secondary N) is 2. The fraction of sp³-hybridized carbons (Fsp3) is 0.360. The molecular weight excluding hydrogens is 488 g/mol. The smallest absolute Gasteiger partial charge is 0.324 e. The van der Waals surface area contributed by atoms with Crippen molar-refractivity contribution in [3.63, 3.8) is 0 Å². The van der Waals surface area contributed by atoms with Crippen LogP contribution in [0.1, 0.15) is 30.0 Å². The lowest BCUT2D eigenvalue weighted by Gasteiger charge is -2.31. The molecule has 2 aliphatic heterocycles. The Morgan fingerprint density at radius 3 is 2.58 bits per heavy atom. The lowest BCUT2D eigenvalue weighted by atomic mass is 9.77. The van der Waals surface area contributed by atoms with Crippen molar-refractivity contribution in [1.29, 1.82) is 0 Å². The van der Waals surface area contributed by atoms with Gasteiger partial charge in [0, 0.05) is 23.2 Å². The van der Waals surface area contributed by atoms with Gasteiger partial charge < -0.3 is 20.9 Å². The van der Waals surface area contributed by atoms with Gasteiger partial charge in [-0.15, -0.1) is 0 Å². The first-order valence-corrected chi connectivity index (χ1v) is 11.8. The highest BCUT2D eigenvalue weighted by Crippen LogP contribution is 2.52. The number of aryl methyl sites for hydroxylation is 1. The number of carbonyl (C=O) groups excluding carboxylic acids is 3. The fourth-order valence-corrected chi connectivity index (χ4v) is 5.46. The SMILES string of the molecule is COc1ccccc1C1NC(CCCNC(N)=O)(C(=O)O)C2C(=O)N(c3ccc(C)c(Cl)c3)C(=O)C12. The van der Waals surface area contributed by atoms with Crippen LogP contribution in [0.25, 0.3) is 0 Å². The Morgan fingerprint density at radius 1 is 1.22 bits per heavy atom. The molecule has 0 radical (unpaired) electrons. The number of hydrogen-bond donors (Lipinski definition) is 4. The highest BCUT2D eigenvalue weighted by Gasteiger charge is 2.68. The molecule has 0 aromatic heterocycles. The third-order valence-corrected chi connectivity index (χ3v) is 7.38. The van der Waals surface area contributed by atoms with Gasteiger partial charge in [-0.3, -0.25) is 19.7 Å². The first kappa shape index (κ1) is 25.5. The summed E-state index contributed by atoms with van der Waals surface area (Å²) in [5, 5.41) is 16.4. The second-order valence-electron chi connectivity index (χ2n) is 8.98. The van der Waals surface area contributed by atoms with E-state index in [9.17, 15) is 24.3 Å². The summed E-state index contributed by atoms with van der Waals surface area (Å²) in [5.74, 6) is -4.16. The maximum absolute atomic E-state index is 13.8. The van der Waals surface area contributed by atoms with Gasteiger partial charge in [0.05, 0.1) is 24.6 Å². The standard InChI is InChI=1S/C25H27ClN4O6/c1-13-8-9-14(12-16(13)26)30-21(31)18-19(22(30)32)25(23(33)34,10-5-11-28-24(27)35)29-20(18)15-6-3-4-7-17(15)36-2/h3-4,6-9,12,18-20,29H,5,10-11H2,1-2H3,(H,33,34)(H3,27,28,35). The van der Waals surface area contributed by atoms with Crippen molar-refractivity contribution in [1.82, 2.24) is 10.6 Å². The minimum Gasteiger partial charge on any atom is -0.496 e. The zero-order chi connectivity index (χ0) is 26.2. The molecule has 11 heteroatoms. The molecule has 2 aromatic carbocycles. The number of amides is 4. The van der Waals surface area contributed by atoms with Gasteiger partial charge in [0.25, 0.3) is 0 Å². The van der Waals surface area contributed by atoms with Crippen molar-refractivity contribution < 1.29 is 29.0 Å². The number of methoxy groups -OCH3 is 1. The molecular formula is C25H27ClN4O6. The van der Waals surface area contributed by atoms with Crippen LogP contribution in [-0.2, 0) is 14.4 Å². The molecule has 0 spiro atoms. The molecule has 0 bridgehead atoms. The largest absolute Gasteiger partial charge is 0.496 e. The van der Waals surface area contributed by atoms with Gasteiger partial charge in [0.2, 0.25) is 11.8 Å².